The lowest BCUT2D eigenvalue weighted by atomic mass is 10.2. The zero-order valence-electron chi connectivity index (χ0n) is 9.93. The minimum Gasteiger partial charge on any atom is -0.373 e. The van der Waals surface area contributed by atoms with Crippen LogP contribution in [0.4, 0.5) is 10.1 Å². The highest BCUT2D eigenvalue weighted by Crippen LogP contribution is 2.28. The van der Waals surface area contributed by atoms with Crippen molar-refractivity contribution in [2.45, 2.75) is 26.3 Å². The third-order valence-electron chi connectivity index (χ3n) is 2.56. The van der Waals surface area contributed by atoms with E-state index in [-0.39, 0.29) is 11.9 Å². The molecule has 0 saturated carbocycles. The molecule has 1 aromatic carbocycles. The highest BCUT2D eigenvalue weighted by molar-refractivity contribution is 6.33. The second kappa shape index (κ2) is 5.51. The molecule has 0 aliphatic heterocycles. The molecule has 0 saturated heterocycles. The molecule has 2 N–H and O–H groups in total. The van der Waals surface area contributed by atoms with E-state index < -0.39 is 0 Å². The van der Waals surface area contributed by atoms with Crippen molar-refractivity contribution in [1.82, 2.24) is 0 Å². The SMILES string of the molecule is Cc1cc(Cl)c(N(C)CCC(C)N)cc1F. The Morgan fingerprint density at radius 2 is 2.12 bits per heavy atom. The smallest absolute Gasteiger partial charge is 0.128 e. The summed E-state index contributed by atoms with van der Waals surface area (Å²) >= 11 is 6.07. The molecule has 0 aliphatic carbocycles. The highest BCUT2D eigenvalue weighted by atomic mass is 35.5. The van der Waals surface area contributed by atoms with Crippen LogP contribution in [-0.4, -0.2) is 19.6 Å². The summed E-state index contributed by atoms with van der Waals surface area (Å²) in [4.78, 5) is 1.92. The molecule has 16 heavy (non-hydrogen) atoms. The molecule has 0 spiro atoms. The Morgan fingerprint density at radius 1 is 1.50 bits per heavy atom. The zero-order chi connectivity index (χ0) is 12.3. The molecule has 0 fully saturated rings. The van der Waals surface area contributed by atoms with E-state index in [0.717, 1.165) is 13.0 Å². The van der Waals surface area contributed by atoms with Gasteiger partial charge in [-0.15, -0.1) is 0 Å². The van der Waals surface area contributed by atoms with Crippen LogP contribution in [0.15, 0.2) is 12.1 Å². The summed E-state index contributed by atoms with van der Waals surface area (Å²) in [6.07, 6.45) is 0.850. The first-order valence-corrected chi connectivity index (χ1v) is 5.72. The summed E-state index contributed by atoms with van der Waals surface area (Å²) in [6, 6.07) is 3.25. The van der Waals surface area contributed by atoms with E-state index in [0.29, 0.717) is 16.3 Å². The van der Waals surface area contributed by atoms with Crippen LogP contribution >= 0.6 is 11.6 Å². The predicted molar refractivity (Wildman–Crippen MR) is 67.7 cm³/mol. The predicted octanol–water partition coefficient (Wildman–Crippen LogP) is 2.96. The monoisotopic (exact) mass is 244 g/mol. The van der Waals surface area contributed by atoms with Crippen LogP contribution in [0.5, 0.6) is 0 Å². The first kappa shape index (κ1) is 13.3. The van der Waals surface area contributed by atoms with Crippen LogP contribution in [0.25, 0.3) is 0 Å². The Hall–Kier alpha value is -0.800. The summed E-state index contributed by atoms with van der Waals surface area (Å²) in [5.74, 6) is -0.230. The summed E-state index contributed by atoms with van der Waals surface area (Å²) in [7, 11) is 1.89. The summed E-state index contributed by atoms with van der Waals surface area (Å²) in [5.41, 5.74) is 6.95. The number of rotatable bonds is 4. The van der Waals surface area contributed by atoms with Gasteiger partial charge in [0.05, 0.1) is 10.7 Å². The topological polar surface area (TPSA) is 29.3 Å². The summed E-state index contributed by atoms with van der Waals surface area (Å²) in [6.45, 7) is 4.41. The van der Waals surface area contributed by atoms with Crippen LogP contribution in [0.1, 0.15) is 18.9 Å². The van der Waals surface area contributed by atoms with Crippen molar-refractivity contribution in [1.29, 1.82) is 0 Å². The van der Waals surface area contributed by atoms with Crippen molar-refractivity contribution in [3.8, 4) is 0 Å². The first-order valence-electron chi connectivity index (χ1n) is 5.34. The second-order valence-corrected chi connectivity index (χ2v) is 4.65. The molecule has 0 heterocycles. The van der Waals surface area contributed by atoms with Gasteiger partial charge in [-0.2, -0.15) is 0 Å². The van der Waals surface area contributed by atoms with Crippen molar-refractivity contribution < 1.29 is 4.39 Å². The van der Waals surface area contributed by atoms with Gasteiger partial charge in [-0.25, -0.2) is 4.39 Å². The third kappa shape index (κ3) is 3.35. The van der Waals surface area contributed by atoms with E-state index in [1.807, 2.05) is 18.9 Å². The van der Waals surface area contributed by atoms with Crippen LogP contribution < -0.4 is 10.6 Å². The Morgan fingerprint density at radius 3 is 2.69 bits per heavy atom. The fourth-order valence-corrected chi connectivity index (χ4v) is 1.81. The van der Waals surface area contributed by atoms with Crippen molar-refractivity contribution in [3.63, 3.8) is 0 Å². The van der Waals surface area contributed by atoms with E-state index in [9.17, 15) is 4.39 Å². The van der Waals surface area contributed by atoms with Gasteiger partial charge < -0.3 is 10.6 Å². The van der Waals surface area contributed by atoms with Gasteiger partial charge in [-0.3, -0.25) is 0 Å². The van der Waals surface area contributed by atoms with E-state index in [2.05, 4.69) is 0 Å². The van der Waals surface area contributed by atoms with E-state index in [1.165, 1.54) is 6.07 Å². The van der Waals surface area contributed by atoms with Crippen LogP contribution in [0, 0.1) is 12.7 Å². The average Bonchev–Trinajstić information content (AvgIpc) is 2.20. The van der Waals surface area contributed by atoms with Gasteiger partial charge in [0, 0.05) is 19.6 Å². The maximum Gasteiger partial charge on any atom is 0.128 e. The number of hydrogen-bond donors (Lipinski definition) is 1. The number of hydrogen-bond acceptors (Lipinski definition) is 2. The van der Waals surface area contributed by atoms with Gasteiger partial charge in [0.1, 0.15) is 5.82 Å². The molecular weight excluding hydrogens is 227 g/mol. The average molecular weight is 245 g/mol. The number of halogens is 2. The molecule has 1 atom stereocenters. The van der Waals surface area contributed by atoms with Crippen molar-refractivity contribution >= 4 is 17.3 Å². The van der Waals surface area contributed by atoms with E-state index in [1.54, 1.807) is 13.0 Å². The normalized spacial score (nSPS) is 12.6. The molecule has 0 aromatic heterocycles. The lowest BCUT2D eigenvalue weighted by Gasteiger charge is -2.22. The summed E-state index contributed by atoms with van der Waals surface area (Å²) in [5, 5.41) is 0.575. The molecule has 1 rings (SSSR count). The van der Waals surface area contributed by atoms with Crippen LogP contribution in [0.2, 0.25) is 5.02 Å². The third-order valence-corrected chi connectivity index (χ3v) is 2.86. The van der Waals surface area contributed by atoms with Crippen LogP contribution in [-0.2, 0) is 0 Å². The van der Waals surface area contributed by atoms with E-state index >= 15 is 0 Å². The standard InChI is InChI=1S/C12H18ClFN2/c1-8-6-10(13)12(7-11(8)14)16(3)5-4-9(2)15/h6-7,9H,4-5,15H2,1-3H3. The number of benzene rings is 1. The molecule has 1 unspecified atom stereocenters. The van der Waals surface area contributed by atoms with Crippen LogP contribution in [0.3, 0.4) is 0 Å². The van der Waals surface area contributed by atoms with Gasteiger partial charge in [0.15, 0.2) is 0 Å². The molecule has 0 aliphatic rings. The maximum atomic E-state index is 13.4. The van der Waals surface area contributed by atoms with Crippen molar-refractivity contribution in [3.05, 3.63) is 28.5 Å². The Balaban J connectivity index is 2.82. The number of nitrogens with zero attached hydrogens (tertiary/aromatic N) is 1. The maximum absolute atomic E-state index is 13.4. The van der Waals surface area contributed by atoms with Gasteiger partial charge in [-0.1, -0.05) is 11.6 Å². The minimum atomic E-state index is -0.230. The molecule has 0 bridgehead atoms. The summed E-state index contributed by atoms with van der Waals surface area (Å²) < 4.78 is 13.4. The number of anilines is 1. The molecule has 4 heteroatoms. The van der Waals surface area contributed by atoms with Crippen molar-refractivity contribution in [2.75, 3.05) is 18.5 Å². The number of nitrogens with two attached hydrogens (primary N) is 1. The fraction of sp³-hybridized carbons (Fsp3) is 0.500. The molecule has 0 amide bonds. The molecule has 1 aromatic rings. The van der Waals surface area contributed by atoms with Gasteiger partial charge >= 0.3 is 0 Å². The Bertz CT molecular complexity index is 366. The largest absolute Gasteiger partial charge is 0.373 e. The highest BCUT2D eigenvalue weighted by Gasteiger charge is 2.10. The lowest BCUT2D eigenvalue weighted by molar-refractivity contribution is 0.616. The Kier molecular flexibility index (Phi) is 4.56. The first-order chi connectivity index (χ1) is 7.41. The molecule has 90 valence electrons. The van der Waals surface area contributed by atoms with Gasteiger partial charge in [0.2, 0.25) is 0 Å². The molecular formula is C12H18ClFN2. The zero-order valence-corrected chi connectivity index (χ0v) is 10.7. The molecule has 0 radical (unpaired) electrons. The van der Waals surface area contributed by atoms with Crippen molar-refractivity contribution in [2.24, 2.45) is 5.73 Å². The van der Waals surface area contributed by atoms with Gasteiger partial charge in [0.25, 0.3) is 0 Å². The lowest BCUT2D eigenvalue weighted by Crippen LogP contribution is -2.26. The fourth-order valence-electron chi connectivity index (χ4n) is 1.45. The minimum absolute atomic E-state index is 0.136. The van der Waals surface area contributed by atoms with Gasteiger partial charge in [-0.05, 0) is 38.0 Å². The Labute approximate surface area is 101 Å². The quantitative estimate of drug-likeness (QED) is 0.883. The second-order valence-electron chi connectivity index (χ2n) is 4.24. The number of aryl methyl sites for hydroxylation is 1. The van der Waals surface area contributed by atoms with E-state index in [4.69, 9.17) is 17.3 Å². The molecule has 2 nitrogen and oxygen atoms in total.